The van der Waals surface area contributed by atoms with E-state index in [2.05, 4.69) is 10.6 Å². The maximum absolute atomic E-state index is 12.6. The third kappa shape index (κ3) is 3.91. The minimum atomic E-state index is -0.104. The van der Waals surface area contributed by atoms with Crippen LogP contribution in [0.5, 0.6) is 0 Å². The molecule has 0 atom stereocenters. The Bertz CT molecular complexity index is 902. The van der Waals surface area contributed by atoms with Crippen molar-refractivity contribution in [3.8, 4) is 0 Å². The summed E-state index contributed by atoms with van der Waals surface area (Å²) in [6.45, 7) is 1.27. The molecule has 2 heterocycles. The van der Waals surface area contributed by atoms with Crippen LogP contribution in [0.15, 0.2) is 48.5 Å². The Morgan fingerprint density at radius 1 is 0.964 bits per heavy atom. The molecule has 2 aromatic carbocycles. The highest BCUT2D eigenvalue weighted by atomic mass is 16.2. The molecule has 2 aromatic rings. The minimum absolute atomic E-state index is 0.0153. The van der Waals surface area contributed by atoms with Crippen molar-refractivity contribution in [2.24, 2.45) is 0 Å². The molecule has 6 heteroatoms. The van der Waals surface area contributed by atoms with E-state index < -0.39 is 0 Å². The number of nitrogens with zero attached hydrogens (tertiary/aromatic N) is 1. The van der Waals surface area contributed by atoms with Gasteiger partial charge in [0.2, 0.25) is 5.91 Å². The van der Waals surface area contributed by atoms with Gasteiger partial charge in [0.05, 0.1) is 0 Å². The van der Waals surface area contributed by atoms with Crippen molar-refractivity contribution in [2.75, 3.05) is 18.4 Å². The highest BCUT2D eigenvalue weighted by Crippen LogP contribution is 2.24. The van der Waals surface area contributed by atoms with E-state index in [4.69, 9.17) is 0 Å². The first-order valence-corrected chi connectivity index (χ1v) is 9.68. The standard InChI is InChI=1S/C22H23N3O3/c26-20-9-7-16-14-17(6-8-19(16)24-20)21(27)23-18-10-12-25(13-11-18)22(28)15-4-2-1-3-5-15/h1-6,8,14,18H,7,9-13H2,(H,23,27)(H,24,26). The normalized spacial score (nSPS) is 16.9. The third-order valence-corrected chi connectivity index (χ3v) is 5.40. The largest absolute Gasteiger partial charge is 0.349 e. The number of hydrogen-bond donors (Lipinski definition) is 2. The van der Waals surface area contributed by atoms with Crippen LogP contribution >= 0.6 is 0 Å². The van der Waals surface area contributed by atoms with E-state index in [-0.39, 0.29) is 23.8 Å². The number of carbonyl (C=O) groups excluding carboxylic acids is 3. The maximum atomic E-state index is 12.6. The topological polar surface area (TPSA) is 78.5 Å². The van der Waals surface area contributed by atoms with Crippen LogP contribution in [0.2, 0.25) is 0 Å². The highest BCUT2D eigenvalue weighted by Gasteiger charge is 2.25. The number of hydrogen-bond acceptors (Lipinski definition) is 3. The molecule has 2 N–H and O–H groups in total. The molecule has 0 unspecified atom stereocenters. The quantitative estimate of drug-likeness (QED) is 0.863. The fraction of sp³-hybridized carbons (Fsp3) is 0.318. The number of rotatable bonds is 3. The molecule has 2 aliphatic rings. The molecule has 3 amide bonds. The van der Waals surface area contributed by atoms with Crippen molar-refractivity contribution in [2.45, 2.75) is 31.7 Å². The van der Waals surface area contributed by atoms with Crippen LogP contribution in [0.25, 0.3) is 0 Å². The summed E-state index contributed by atoms with van der Waals surface area (Å²) < 4.78 is 0. The van der Waals surface area contributed by atoms with Crippen molar-refractivity contribution < 1.29 is 14.4 Å². The van der Waals surface area contributed by atoms with Gasteiger partial charge in [0.25, 0.3) is 11.8 Å². The summed E-state index contributed by atoms with van der Waals surface area (Å²) in [5, 5.41) is 5.91. The number of carbonyl (C=O) groups is 3. The van der Waals surface area contributed by atoms with E-state index in [0.29, 0.717) is 37.1 Å². The second kappa shape index (κ2) is 7.84. The molecule has 1 saturated heterocycles. The van der Waals surface area contributed by atoms with E-state index >= 15 is 0 Å². The van der Waals surface area contributed by atoms with Gasteiger partial charge >= 0.3 is 0 Å². The predicted octanol–water partition coefficient (Wildman–Crippen LogP) is 2.61. The summed E-state index contributed by atoms with van der Waals surface area (Å²) >= 11 is 0. The van der Waals surface area contributed by atoms with Crippen LogP contribution in [0.3, 0.4) is 0 Å². The predicted molar refractivity (Wildman–Crippen MR) is 106 cm³/mol. The molecule has 1 fully saturated rings. The zero-order valence-electron chi connectivity index (χ0n) is 15.6. The number of aryl methyl sites for hydroxylation is 1. The van der Waals surface area contributed by atoms with Gasteiger partial charge in [-0.25, -0.2) is 0 Å². The molecule has 0 spiro atoms. The first kappa shape index (κ1) is 18.2. The van der Waals surface area contributed by atoms with E-state index in [9.17, 15) is 14.4 Å². The summed E-state index contributed by atoms with van der Waals surface area (Å²) in [6.07, 6.45) is 2.59. The smallest absolute Gasteiger partial charge is 0.253 e. The summed E-state index contributed by atoms with van der Waals surface area (Å²) in [6, 6.07) is 14.7. The molecule has 6 nitrogen and oxygen atoms in total. The van der Waals surface area contributed by atoms with Crippen molar-refractivity contribution in [1.29, 1.82) is 0 Å². The molecule has 0 radical (unpaired) electrons. The first-order chi connectivity index (χ1) is 13.6. The Labute approximate surface area is 163 Å². The van der Waals surface area contributed by atoms with Gasteiger partial charge in [-0.3, -0.25) is 14.4 Å². The van der Waals surface area contributed by atoms with E-state index in [1.165, 1.54) is 0 Å². The number of fused-ring (bicyclic) bond motifs is 1. The summed E-state index contributed by atoms with van der Waals surface area (Å²) in [5.41, 5.74) is 3.10. The molecule has 0 aromatic heterocycles. The van der Waals surface area contributed by atoms with Crippen LogP contribution in [0, 0.1) is 0 Å². The van der Waals surface area contributed by atoms with Gasteiger partial charge in [0.1, 0.15) is 0 Å². The zero-order valence-corrected chi connectivity index (χ0v) is 15.6. The van der Waals surface area contributed by atoms with E-state index in [1.807, 2.05) is 41.3 Å². The summed E-state index contributed by atoms with van der Waals surface area (Å²) in [7, 11) is 0. The molecule has 2 aliphatic heterocycles. The van der Waals surface area contributed by atoms with Crippen LogP contribution in [0.4, 0.5) is 5.69 Å². The molecule has 144 valence electrons. The number of piperidine rings is 1. The molecule has 0 bridgehead atoms. The number of likely N-dealkylation sites (tertiary alicyclic amines) is 1. The molecular formula is C22H23N3O3. The highest BCUT2D eigenvalue weighted by molar-refractivity contribution is 5.98. The average Bonchev–Trinajstić information content (AvgIpc) is 2.74. The first-order valence-electron chi connectivity index (χ1n) is 9.68. The van der Waals surface area contributed by atoms with Gasteiger partial charge in [-0.1, -0.05) is 18.2 Å². The lowest BCUT2D eigenvalue weighted by atomic mass is 9.99. The van der Waals surface area contributed by atoms with E-state index in [1.54, 1.807) is 12.1 Å². The number of anilines is 1. The lowest BCUT2D eigenvalue weighted by molar-refractivity contribution is -0.116. The number of benzene rings is 2. The number of nitrogens with one attached hydrogen (secondary N) is 2. The SMILES string of the molecule is O=C1CCc2cc(C(=O)NC3CCN(C(=O)c4ccccc4)CC3)ccc2N1. The van der Waals surface area contributed by atoms with Crippen molar-refractivity contribution in [3.05, 3.63) is 65.2 Å². The lowest BCUT2D eigenvalue weighted by Crippen LogP contribution is -2.46. The Balaban J connectivity index is 1.33. The van der Waals surface area contributed by atoms with Crippen LogP contribution in [-0.4, -0.2) is 41.8 Å². The fourth-order valence-electron chi connectivity index (χ4n) is 3.78. The molecule has 28 heavy (non-hydrogen) atoms. The molecule has 0 aliphatic carbocycles. The van der Waals surface area contributed by atoms with Gasteiger partial charge in [-0.2, -0.15) is 0 Å². The van der Waals surface area contributed by atoms with E-state index in [0.717, 1.165) is 24.1 Å². The van der Waals surface area contributed by atoms with Gasteiger partial charge in [0.15, 0.2) is 0 Å². The number of amides is 3. The van der Waals surface area contributed by atoms with Gasteiger partial charge in [-0.05, 0) is 55.2 Å². The molecule has 4 rings (SSSR count). The summed E-state index contributed by atoms with van der Waals surface area (Å²) in [5.74, 6) is -0.0452. The third-order valence-electron chi connectivity index (χ3n) is 5.40. The zero-order chi connectivity index (χ0) is 19.5. The molecule has 0 saturated carbocycles. The Hall–Kier alpha value is -3.15. The Kier molecular flexibility index (Phi) is 5.10. The molecular weight excluding hydrogens is 354 g/mol. The fourth-order valence-corrected chi connectivity index (χ4v) is 3.78. The lowest BCUT2D eigenvalue weighted by Gasteiger charge is -2.32. The second-order valence-electron chi connectivity index (χ2n) is 7.33. The Morgan fingerprint density at radius 2 is 1.71 bits per heavy atom. The minimum Gasteiger partial charge on any atom is -0.349 e. The van der Waals surface area contributed by atoms with Crippen molar-refractivity contribution >= 4 is 23.4 Å². The van der Waals surface area contributed by atoms with Crippen molar-refractivity contribution in [1.82, 2.24) is 10.2 Å². The van der Waals surface area contributed by atoms with Gasteiger partial charge < -0.3 is 15.5 Å². The summed E-state index contributed by atoms with van der Waals surface area (Å²) in [4.78, 5) is 38.4. The monoisotopic (exact) mass is 377 g/mol. The second-order valence-corrected chi connectivity index (χ2v) is 7.33. The van der Waals surface area contributed by atoms with Crippen LogP contribution in [-0.2, 0) is 11.2 Å². The Morgan fingerprint density at radius 3 is 2.46 bits per heavy atom. The van der Waals surface area contributed by atoms with Crippen molar-refractivity contribution in [3.63, 3.8) is 0 Å². The van der Waals surface area contributed by atoms with Gasteiger partial charge in [-0.15, -0.1) is 0 Å². The maximum Gasteiger partial charge on any atom is 0.253 e. The van der Waals surface area contributed by atoms with Crippen LogP contribution in [0.1, 0.15) is 45.5 Å². The van der Waals surface area contributed by atoms with Gasteiger partial charge in [0, 0.05) is 42.4 Å². The van der Waals surface area contributed by atoms with Crippen LogP contribution < -0.4 is 10.6 Å². The average molecular weight is 377 g/mol.